The first-order valence-electron chi connectivity index (χ1n) is 6.71. The molecule has 3 rings (SSSR count). The van der Waals surface area contributed by atoms with Crippen molar-refractivity contribution < 1.29 is 0 Å². The Kier molecular flexibility index (Phi) is 2.90. The van der Waals surface area contributed by atoms with Gasteiger partial charge < -0.3 is 5.32 Å². The lowest BCUT2D eigenvalue weighted by molar-refractivity contribution is 0.485. The van der Waals surface area contributed by atoms with Gasteiger partial charge in [0.05, 0.1) is 6.54 Å². The summed E-state index contributed by atoms with van der Waals surface area (Å²) in [6.07, 6.45) is 5.78. The molecule has 16 heavy (non-hydrogen) atoms. The third-order valence-electron chi connectivity index (χ3n) is 3.97. The molecule has 1 N–H and O–H groups in total. The van der Waals surface area contributed by atoms with Crippen LogP contribution in [0.4, 0.5) is 0 Å². The Labute approximate surface area is 103 Å². The smallest absolute Gasteiger partial charge is 0.157 e. The van der Waals surface area contributed by atoms with Crippen molar-refractivity contribution in [1.82, 2.24) is 5.32 Å². The second kappa shape index (κ2) is 4.25. The zero-order valence-electron chi connectivity index (χ0n) is 10.3. The van der Waals surface area contributed by atoms with E-state index < -0.39 is 0 Å². The minimum absolute atomic E-state index is 0.710. The number of amidine groups is 1. The fourth-order valence-electron chi connectivity index (χ4n) is 2.49. The van der Waals surface area contributed by atoms with E-state index in [-0.39, 0.29) is 0 Å². The second-order valence-corrected chi connectivity index (χ2v) is 7.12. The summed E-state index contributed by atoms with van der Waals surface area (Å²) in [5.41, 5.74) is 0. The molecule has 2 nitrogen and oxygen atoms in total. The molecule has 2 fully saturated rings. The fourth-order valence-corrected chi connectivity index (χ4v) is 3.55. The van der Waals surface area contributed by atoms with Gasteiger partial charge in [-0.15, -0.1) is 0 Å². The monoisotopic (exact) mass is 238 g/mol. The quantitative estimate of drug-likeness (QED) is 0.814. The van der Waals surface area contributed by atoms with E-state index >= 15 is 0 Å². The van der Waals surface area contributed by atoms with E-state index in [2.05, 4.69) is 24.2 Å². The molecule has 0 aromatic carbocycles. The highest BCUT2D eigenvalue weighted by Gasteiger charge is 2.42. The van der Waals surface area contributed by atoms with E-state index in [1.54, 1.807) is 0 Å². The SMILES string of the molecule is CC(C)C1CN=C(NC(C2CC2)C2CC2)S1. The molecule has 0 aromatic heterocycles. The number of thioether (sulfide) groups is 1. The zero-order chi connectivity index (χ0) is 11.1. The van der Waals surface area contributed by atoms with Gasteiger partial charge in [0, 0.05) is 11.3 Å². The van der Waals surface area contributed by atoms with Gasteiger partial charge in [-0.25, -0.2) is 0 Å². The summed E-state index contributed by atoms with van der Waals surface area (Å²) in [6.45, 7) is 5.62. The largest absolute Gasteiger partial charge is 0.362 e. The Morgan fingerprint density at radius 2 is 1.81 bits per heavy atom. The van der Waals surface area contributed by atoms with Crippen LogP contribution in [-0.2, 0) is 0 Å². The molecule has 1 atom stereocenters. The van der Waals surface area contributed by atoms with Crippen LogP contribution < -0.4 is 5.32 Å². The molecular weight excluding hydrogens is 216 g/mol. The molecule has 0 amide bonds. The van der Waals surface area contributed by atoms with Gasteiger partial charge in [0.25, 0.3) is 0 Å². The predicted molar refractivity (Wildman–Crippen MR) is 70.9 cm³/mol. The standard InChI is InChI=1S/C13H22N2S/c1-8(2)11-7-14-13(16-11)15-12(9-3-4-9)10-5-6-10/h8-12H,3-7H2,1-2H3,(H,14,15). The maximum atomic E-state index is 4.67. The average molecular weight is 238 g/mol. The normalized spacial score (nSPS) is 30.0. The van der Waals surface area contributed by atoms with Crippen LogP contribution in [0.15, 0.2) is 4.99 Å². The van der Waals surface area contributed by atoms with Crippen molar-refractivity contribution >= 4 is 16.9 Å². The highest BCUT2D eigenvalue weighted by Crippen LogP contribution is 2.45. The van der Waals surface area contributed by atoms with E-state index in [1.165, 1.54) is 30.9 Å². The second-order valence-electron chi connectivity index (χ2n) is 5.89. The first kappa shape index (κ1) is 10.9. The first-order valence-corrected chi connectivity index (χ1v) is 7.59. The molecule has 0 bridgehead atoms. The van der Waals surface area contributed by atoms with Gasteiger partial charge in [0.15, 0.2) is 5.17 Å². The molecule has 2 saturated carbocycles. The summed E-state index contributed by atoms with van der Waals surface area (Å²) in [6, 6.07) is 0.761. The lowest BCUT2D eigenvalue weighted by Gasteiger charge is -2.19. The Morgan fingerprint density at radius 3 is 2.25 bits per heavy atom. The van der Waals surface area contributed by atoms with Gasteiger partial charge in [0.2, 0.25) is 0 Å². The van der Waals surface area contributed by atoms with E-state index in [0.29, 0.717) is 5.25 Å². The lowest BCUT2D eigenvalue weighted by atomic mass is 10.1. The number of aliphatic imine (C=N–C) groups is 1. The number of hydrogen-bond acceptors (Lipinski definition) is 3. The Morgan fingerprint density at radius 1 is 1.19 bits per heavy atom. The number of hydrogen-bond donors (Lipinski definition) is 1. The summed E-state index contributed by atoms with van der Waals surface area (Å²) < 4.78 is 0. The minimum atomic E-state index is 0.710. The third kappa shape index (κ3) is 2.39. The number of rotatable bonds is 4. The van der Waals surface area contributed by atoms with Crippen molar-refractivity contribution in [3.05, 3.63) is 0 Å². The van der Waals surface area contributed by atoms with E-state index in [9.17, 15) is 0 Å². The van der Waals surface area contributed by atoms with Crippen molar-refractivity contribution in [2.45, 2.75) is 50.8 Å². The highest BCUT2D eigenvalue weighted by molar-refractivity contribution is 8.14. The van der Waals surface area contributed by atoms with Crippen LogP contribution in [0.25, 0.3) is 0 Å². The molecule has 0 spiro atoms. The predicted octanol–water partition coefficient (Wildman–Crippen LogP) is 2.89. The Hall–Kier alpha value is -0.180. The van der Waals surface area contributed by atoms with Crippen molar-refractivity contribution in [2.75, 3.05) is 6.54 Å². The summed E-state index contributed by atoms with van der Waals surface area (Å²) in [5.74, 6) is 2.68. The molecule has 1 unspecified atom stereocenters. The van der Waals surface area contributed by atoms with Crippen LogP contribution in [0.2, 0.25) is 0 Å². The maximum absolute atomic E-state index is 4.67. The molecule has 3 aliphatic rings. The molecule has 90 valence electrons. The van der Waals surface area contributed by atoms with Crippen molar-refractivity contribution in [3.8, 4) is 0 Å². The van der Waals surface area contributed by atoms with Gasteiger partial charge in [-0.1, -0.05) is 25.6 Å². The van der Waals surface area contributed by atoms with Crippen LogP contribution >= 0.6 is 11.8 Å². The highest BCUT2D eigenvalue weighted by atomic mass is 32.2. The molecule has 0 saturated heterocycles. The summed E-state index contributed by atoms with van der Waals surface area (Å²) in [7, 11) is 0. The Balaban J connectivity index is 1.54. The molecule has 3 heteroatoms. The van der Waals surface area contributed by atoms with Crippen LogP contribution in [0.5, 0.6) is 0 Å². The van der Waals surface area contributed by atoms with Crippen LogP contribution in [0.1, 0.15) is 39.5 Å². The molecule has 1 heterocycles. The number of nitrogens with zero attached hydrogens (tertiary/aromatic N) is 1. The first-order chi connectivity index (χ1) is 7.74. The average Bonchev–Trinajstić information content (AvgIpc) is 3.15. The maximum Gasteiger partial charge on any atom is 0.157 e. The minimum Gasteiger partial charge on any atom is -0.362 e. The van der Waals surface area contributed by atoms with Crippen LogP contribution in [0.3, 0.4) is 0 Å². The molecular formula is C13H22N2S. The van der Waals surface area contributed by atoms with Gasteiger partial charge in [-0.3, -0.25) is 4.99 Å². The van der Waals surface area contributed by atoms with Crippen molar-refractivity contribution in [2.24, 2.45) is 22.7 Å². The van der Waals surface area contributed by atoms with Crippen LogP contribution in [-0.4, -0.2) is 23.0 Å². The summed E-state index contributed by atoms with van der Waals surface area (Å²) >= 11 is 1.98. The van der Waals surface area contributed by atoms with Gasteiger partial charge in [-0.2, -0.15) is 0 Å². The summed E-state index contributed by atoms with van der Waals surface area (Å²) in [5, 5.41) is 5.69. The van der Waals surface area contributed by atoms with Crippen LogP contribution in [0, 0.1) is 17.8 Å². The fraction of sp³-hybridized carbons (Fsp3) is 0.923. The van der Waals surface area contributed by atoms with Crippen molar-refractivity contribution in [3.63, 3.8) is 0 Å². The van der Waals surface area contributed by atoms with E-state index in [4.69, 9.17) is 0 Å². The number of nitrogens with one attached hydrogen (secondary N) is 1. The van der Waals surface area contributed by atoms with Gasteiger partial charge in [-0.05, 0) is 43.4 Å². The van der Waals surface area contributed by atoms with E-state index in [0.717, 1.165) is 30.3 Å². The summed E-state index contributed by atoms with van der Waals surface area (Å²) in [4.78, 5) is 4.67. The topological polar surface area (TPSA) is 24.4 Å². The Bertz CT molecular complexity index is 280. The van der Waals surface area contributed by atoms with Crippen molar-refractivity contribution in [1.29, 1.82) is 0 Å². The molecule has 0 radical (unpaired) electrons. The molecule has 2 aliphatic carbocycles. The zero-order valence-corrected chi connectivity index (χ0v) is 11.1. The van der Waals surface area contributed by atoms with Gasteiger partial charge >= 0.3 is 0 Å². The third-order valence-corrected chi connectivity index (χ3v) is 5.44. The molecule has 0 aromatic rings. The van der Waals surface area contributed by atoms with Gasteiger partial charge in [0.1, 0.15) is 0 Å². The molecule has 1 aliphatic heterocycles. The lowest BCUT2D eigenvalue weighted by Crippen LogP contribution is -2.36. The van der Waals surface area contributed by atoms with E-state index in [1.807, 2.05) is 11.8 Å².